The number of nitrogens with zero attached hydrogens (tertiary/aromatic N) is 3. The molecule has 2 aromatic rings. The maximum Gasteiger partial charge on any atom is 0.355 e. The van der Waals surface area contributed by atoms with Gasteiger partial charge in [0.05, 0.1) is 5.02 Å². The van der Waals surface area contributed by atoms with Crippen LogP contribution in [0.4, 0.5) is 13.2 Å². The molecule has 0 amide bonds. The predicted molar refractivity (Wildman–Crippen MR) is 81.0 cm³/mol. The van der Waals surface area contributed by atoms with E-state index >= 15 is 0 Å². The lowest BCUT2D eigenvalue weighted by molar-refractivity contribution is 0.0640. The lowest BCUT2D eigenvalue weighted by Gasteiger charge is -2.08. The van der Waals surface area contributed by atoms with Crippen molar-refractivity contribution in [1.82, 2.24) is 14.3 Å². The van der Waals surface area contributed by atoms with Gasteiger partial charge >= 0.3 is 12.2 Å². The second-order valence-electron chi connectivity index (χ2n) is 4.18. The Labute approximate surface area is 141 Å². The van der Waals surface area contributed by atoms with Gasteiger partial charge in [-0.25, -0.2) is 13.8 Å². The molecule has 5 nitrogen and oxygen atoms in total. The Morgan fingerprint density at radius 1 is 1.48 bits per heavy atom. The predicted octanol–water partition coefficient (Wildman–Crippen LogP) is 3.26. The molecule has 1 heterocycles. The average Bonchev–Trinajstić information content (AvgIpc) is 2.76. The van der Waals surface area contributed by atoms with E-state index in [0.717, 1.165) is 12.1 Å². The number of hydrogen-bond donors (Lipinski definition) is 0. The highest BCUT2D eigenvalue weighted by Gasteiger charge is 2.21. The molecule has 0 radical (unpaired) electrons. The molecule has 23 heavy (non-hydrogen) atoms. The Balaban J connectivity index is 2.55. The number of benzene rings is 1. The van der Waals surface area contributed by atoms with Crippen LogP contribution in [0, 0.1) is 23.5 Å². The van der Waals surface area contributed by atoms with Crippen LogP contribution < -0.4 is 10.4 Å². The van der Waals surface area contributed by atoms with Gasteiger partial charge in [-0.05, 0) is 23.7 Å². The highest BCUT2D eigenvalue weighted by molar-refractivity contribution is 9.12. The topological polar surface area (TPSA) is 49.1 Å². The number of rotatable bonds is 4. The lowest BCUT2D eigenvalue weighted by atomic mass is 10.3. The molecule has 0 bridgehead atoms. The quantitative estimate of drug-likeness (QED) is 0.727. The fourth-order valence-corrected chi connectivity index (χ4v) is 2.11. The molecular weight excluding hydrogens is 403 g/mol. The number of ether oxygens (including phenoxy) is 1. The van der Waals surface area contributed by atoms with E-state index in [1.54, 1.807) is 0 Å². The number of halogens is 5. The van der Waals surface area contributed by atoms with Gasteiger partial charge in [0.25, 0.3) is 0 Å². The third kappa shape index (κ3) is 3.54. The smallest absolute Gasteiger partial charge is 0.355 e. The average molecular weight is 411 g/mol. The number of alkyl halides is 2. The van der Waals surface area contributed by atoms with Crippen LogP contribution in [0.25, 0.3) is 5.69 Å². The van der Waals surface area contributed by atoms with Crippen molar-refractivity contribution < 1.29 is 17.9 Å². The molecule has 1 aromatic carbocycles. The summed E-state index contributed by atoms with van der Waals surface area (Å²) in [4.78, 5) is 14.4. The standard InChI is InChI=1S/C13H8BrClF3N3O2/c1-7-19-21(13(22)20(7)12(17)18)10-6-11(23-4-2-3-14)8(15)5-9(10)16/h5-6,12H,4H2,1H3. The molecule has 1 aromatic heterocycles. The van der Waals surface area contributed by atoms with Crippen molar-refractivity contribution in [3.05, 3.63) is 39.3 Å². The van der Waals surface area contributed by atoms with Gasteiger partial charge in [-0.3, -0.25) is 0 Å². The summed E-state index contributed by atoms with van der Waals surface area (Å²) in [5.74, 6) is 1.41. The minimum atomic E-state index is -3.09. The van der Waals surface area contributed by atoms with E-state index in [2.05, 4.69) is 31.8 Å². The minimum absolute atomic E-state index is 0.0365. The van der Waals surface area contributed by atoms with Crippen molar-refractivity contribution in [2.24, 2.45) is 0 Å². The van der Waals surface area contributed by atoms with Crippen LogP contribution in [-0.4, -0.2) is 21.0 Å². The Bertz CT molecular complexity index is 855. The molecule has 0 spiro atoms. The van der Waals surface area contributed by atoms with E-state index in [0.29, 0.717) is 4.68 Å². The van der Waals surface area contributed by atoms with Gasteiger partial charge in [-0.2, -0.15) is 13.5 Å². The van der Waals surface area contributed by atoms with Crippen molar-refractivity contribution in [2.75, 3.05) is 6.61 Å². The first-order chi connectivity index (χ1) is 10.9. The van der Waals surface area contributed by atoms with Gasteiger partial charge in [-0.15, -0.1) is 5.10 Å². The minimum Gasteiger partial charge on any atom is -0.479 e. The summed E-state index contributed by atoms with van der Waals surface area (Å²) >= 11 is 8.71. The SMILES string of the molecule is Cc1nn(-c2cc(OCC#CBr)c(Cl)cc2F)c(=O)n1C(F)F. The van der Waals surface area contributed by atoms with Crippen molar-refractivity contribution in [3.8, 4) is 22.2 Å². The molecular formula is C13H8BrClF3N3O2. The second-order valence-corrected chi connectivity index (χ2v) is 4.99. The molecule has 10 heteroatoms. The molecule has 0 saturated carbocycles. The Kier molecular flexibility index (Phi) is 5.38. The van der Waals surface area contributed by atoms with Gasteiger partial charge in [0.15, 0.2) is 5.82 Å². The van der Waals surface area contributed by atoms with Crippen LogP contribution >= 0.6 is 27.5 Å². The molecule has 0 aliphatic carbocycles. The largest absolute Gasteiger partial charge is 0.479 e. The van der Waals surface area contributed by atoms with E-state index in [1.165, 1.54) is 6.92 Å². The zero-order chi connectivity index (χ0) is 17.1. The van der Waals surface area contributed by atoms with Gasteiger partial charge in [0.2, 0.25) is 0 Å². The van der Waals surface area contributed by atoms with Gasteiger partial charge in [0.1, 0.15) is 23.9 Å². The molecule has 0 atom stereocenters. The summed E-state index contributed by atoms with van der Waals surface area (Å²) in [6.07, 6.45) is 0. The molecule has 122 valence electrons. The fraction of sp³-hybridized carbons (Fsp3) is 0.231. The first kappa shape index (κ1) is 17.4. The van der Waals surface area contributed by atoms with Crippen LogP contribution in [0.15, 0.2) is 16.9 Å². The van der Waals surface area contributed by atoms with Crippen molar-refractivity contribution in [3.63, 3.8) is 0 Å². The summed E-state index contributed by atoms with van der Waals surface area (Å²) in [5.41, 5.74) is -1.53. The Morgan fingerprint density at radius 2 is 2.17 bits per heavy atom. The summed E-state index contributed by atoms with van der Waals surface area (Å²) in [7, 11) is 0. The van der Waals surface area contributed by atoms with Crippen LogP contribution in [0.3, 0.4) is 0 Å². The van der Waals surface area contributed by atoms with Crippen LogP contribution in [0.5, 0.6) is 5.75 Å². The molecule has 2 rings (SSSR count). The van der Waals surface area contributed by atoms with Crippen molar-refractivity contribution in [2.45, 2.75) is 13.5 Å². The first-order valence-corrected chi connectivity index (χ1v) is 7.21. The van der Waals surface area contributed by atoms with Gasteiger partial charge in [-0.1, -0.05) is 11.6 Å². The highest BCUT2D eigenvalue weighted by Crippen LogP contribution is 2.29. The molecule has 0 fully saturated rings. The van der Waals surface area contributed by atoms with E-state index in [9.17, 15) is 18.0 Å². The van der Waals surface area contributed by atoms with Crippen LogP contribution in [0.2, 0.25) is 5.02 Å². The van der Waals surface area contributed by atoms with Crippen molar-refractivity contribution >= 4 is 27.5 Å². The maximum atomic E-state index is 14.1. The number of aromatic nitrogens is 3. The Hall–Kier alpha value is -1.92. The lowest BCUT2D eigenvalue weighted by Crippen LogP contribution is -2.25. The monoisotopic (exact) mass is 409 g/mol. The summed E-state index contributed by atoms with van der Waals surface area (Å²) in [6.45, 7) is -1.92. The Morgan fingerprint density at radius 3 is 2.74 bits per heavy atom. The summed E-state index contributed by atoms with van der Waals surface area (Å²) in [6, 6.07) is 1.99. The van der Waals surface area contributed by atoms with E-state index in [1.807, 2.05) is 0 Å². The zero-order valence-corrected chi connectivity index (χ0v) is 13.8. The van der Waals surface area contributed by atoms with Crippen molar-refractivity contribution in [1.29, 1.82) is 0 Å². The van der Waals surface area contributed by atoms with E-state index in [-0.39, 0.29) is 33.5 Å². The maximum absolute atomic E-state index is 14.1. The molecule has 0 unspecified atom stereocenters. The van der Waals surface area contributed by atoms with E-state index in [4.69, 9.17) is 16.3 Å². The van der Waals surface area contributed by atoms with Gasteiger partial charge < -0.3 is 4.74 Å². The normalized spacial score (nSPS) is 10.6. The second kappa shape index (κ2) is 7.10. The third-order valence-electron chi connectivity index (χ3n) is 2.77. The van der Waals surface area contributed by atoms with Gasteiger partial charge in [0, 0.05) is 22.0 Å². The summed E-state index contributed by atoms with van der Waals surface area (Å²) in [5, 5.41) is 3.59. The molecule has 0 saturated heterocycles. The first-order valence-electron chi connectivity index (χ1n) is 6.03. The number of aryl methyl sites for hydroxylation is 1. The van der Waals surface area contributed by atoms with E-state index < -0.39 is 18.1 Å². The van der Waals surface area contributed by atoms with Crippen LogP contribution in [-0.2, 0) is 0 Å². The molecule has 0 aliphatic heterocycles. The molecule has 0 aliphatic rings. The highest BCUT2D eigenvalue weighted by atomic mass is 79.9. The van der Waals surface area contributed by atoms with Crippen LogP contribution in [0.1, 0.15) is 12.4 Å². The zero-order valence-electron chi connectivity index (χ0n) is 11.5. The molecule has 0 N–H and O–H groups in total. The third-order valence-corrected chi connectivity index (χ3v) is 3.35. The summed E-state index contributed by atoms with van der Waals surface area (Å²) < 4.78 is 45.6. The number of hydrogen-bond acceptors (Lipinski definition) is 3. The fourth-order valence-electron chi connectivity index (χ4n) is 1.79.